The number of hydrogen-bond donors (Lipinski definition) is 2. The van der Waals surface area contributed by atoms with Crippen LogP contribution in [0, 0.1) is 0 Å². The Morgan fingerprint density at radius 3 is 2.62 bits per heavy atom. The summed E-state index contributed by atoms with van der Waals surface area (Å²) in [6.45, 7) is 0.805. The van der Waals surface area contributed by atoms with Gasteiger partial charge in [-0.1, -0.05) is 0 Å². The van der Waals surface area contributed by atoms with Crippen molar-refractivity contribution in [1.29, 1.82) is 0 Å². The first kappa shape index (κ1) is 16.8. The van der Waals surface area contributed by atoms with Gasteiger partial charge in [0.25, 0.3) is 5.91 Å². The summed E-state index contributed by atoms with van der Waals surface area (Å²) in [5.41, 5.74) is 6.54. The summed E-state index contributed by atoms with van der Waals surface area (Å²) >= 11 is 0. The third-order valence-electron chi connectivity index (χ3n) is 2.83. The number of carbonyl (C=O) groups excluding carboxylic acids is 2. The second kappa shape index (κ2) is 8.11. The van der Waals surface area contributed by atoms with Crippen LogP contribution < -0.4 is 15.8 Å². The van der Waals surface area contributed by atoms with Crippen LogP contribution in [0.4, 0.5) is 5.69 Å². The molecule has 1 aromatic carbocycles. The molecule has 3 N–H and O–H groups in total. The number of anilines is 1. The van der Waals surface area contributed by atoms with Crippen molar-refractivity contribution in [2.24, 2.45) is 0 Å². The minimum absolute atomic E-state index is 0.0333. The zero-order chi connectivity index (χ0) is 15.8. The van der Waals surface area contributed by atoms with Crippen LogP contribution in [-0.2, 0) is 9.53 Å². The lowest BCUT2D eigenvalue weighted by molar-refractivity contribution is -0.121. The molecule has 116 valence electrons. The fourth-order valence-electron chi connectivity index (χ4n) is 1.72. The summed E-state index contributed by atoms with van der Waals surface area (Å²) in [6, 6.07) is 4.76. The number of nitrogens with zero attached hydrogens (tertiary/aromatic N) is 1. The molecule has 1 aromatic rings. The Bertz CT molecular complexity index is 505. The van der Waals surface area contributed by atoms with Crippen LogP contribution >= 0.6 is 0 Å². The molecule has 0 fully saturated rings. The number of amides is 2. The van der Waals surface area contributed by atoms with E-state index < -0.39 is 0 Å². The van der Waals surface area contributed by atoms with Crippen LogP contribution in [-0.4, -0.2) is 57.7 Å². The number of nitrogens with one attached hydrogen (secondary N) is 1. The maximum Gasteiger partial charge on any atom is 0.254 e. The number of methoxy groups -OCH3 is 2. The molecule has 0 heterocycles. The summed E-state index contributed by atoms with van der Waals surface area (Å²) in [5, 5.41) is 2.65. The van der Waals surface area contributed by atoms with Crippen LogP contribution in [0.1, 0.15) is 10.4 Å². The first-order chi connectivity index (χ1) is 9.99. The highest BCUT2D eigenvalue weighted by molar-refractivity contribution is 5.97. The number of benzene rings is 1. The highest BCUT2D eigenvalue weighted by atomic mass is 16.5. The molecule has 7 heteroatoms. The monoisotopic (exact) mass is 295 g/mol. The molecule has 0 spiro atoms. The minimum atomic E-state index is -0.286. The van der Waals surface area contributed by atoms with E-state index in [1.54, 1.807) is 26.3 Å². The van der Waals surface area contributed by atoms with Crippen LogP contribution in [0.5, 0.6) is 5.75 Å². The molecule has 0 unspecified atom stereocenters. The molecule has 0 aliphatic rings. The van der Waals surface area contributed by atoms with Gasteiger partial charge >= 0.3 is 0 Å². The predicted octanol–water partition coefficient (Wildman–Crippen LogP) is 0.112. The molecule has 0 aromatic heterocycles. The van der Waals surface area contributed by atoms with Gasteiger partial charge < -0.3 is 25.4 Å². The van der Waals surface area contributed by atoms with Gasteiger partial charge in [-0.25, -0.2) is 0 Å². The highest BCUT2D eigenvalue weighted by Gasteiger charge is 2.15. The number of likely N-dealkylation sites (N-methyl/N-ethyl adjacent to an activating group) is 1. The Labute approximate surface area is 124 Å². The molecule has 0 bridgehead atoms. The average Bonchev–Trinajstić information content (AvgIpc) is 2.46. The van der Waals surface area contributed by atoms with Crippen molar-refractivity contribution in [3.05, 3.63) is 23.8 Å². The SMILES string of the molecule is COCCNC(=O)CN(C)C(=O)c1ccc(OC)c(N)c1. The van der Waals surface area contributed by atoms with Crippen molar-refractivity contribution in [3.63, 3.8) is 0 Å². The Morgan fingerprint density at radius 1 is 1.33 bits per heavy atom. The van der Waals surface area contributed by atoms with Crippen molar-refractivity contribution in [2.75, 3.05) is 46.7 Å². The number of nitrogens with two attached hydrogens (primary N) is 1. The van der Waals surface area contributed by atoms with Gasteiger partial charge in [-0.2, -0.15) is 0 Å². The van der Waals surface area contributed by atoms with Crippen LogP contribution in [0.2, 0.25) is 0 Å². The zero-order valence-electron chi connectivity index (χ0n) is 12.5. The molecule has 0 saturated carbocycles. The third kappa shape index (κ3) is 4.96. The van der Waals surface area contributed by atoms with Gasteiger partial charge in [-0.05, 0) is 18.2 Å². The maximum absolute atomic E-state index is 12.2. The van der Waals surface area contributed by atoms with Crippen LogP contribution in [0.3, 0.4) is 0 Å². The van der Waals surface area contributed by atoms with Gasteiger partial charge in [0.15, 0.2) is 0 Å². The van der Waals surface area contributed by atoms with E-state index in [1.165, 1.54) is 18.1 Å². The number of hydrogen-bond acceptors (Lipinski definition) is 5. The molecular weight excluding hydrogens is 274 g/mol. The van der Waals surface area contributed by atoms with Crippen molar-refractivity contribution >= 4 is 17.5 Å². The fourth-order valence-corrected chi connectivity index (χ4v) is 1.72. The normalized spacial score (nSPS) is 10.0. The summed E-state index contributed by atoms with van der Waals surface area (Å²) < 4.78 is 9.86. The number of carbonyl (C=O) groups is 2. The molecule has 0 atom stereocenters. The van der Waals surface area contributed by atoms with E-state index in [4.69, 9.17) is 15.2 Å². The molecule has 7 nitrogen and oxygen atoms in total. The Kier molecular flexibility index (Phi) is 6.48. The Morgan fingerprint density at radius 2 is 2.05 bits per heavy atom. The second-order valence-corrected chi connectivity index (χ2v) is 4.46. The molecule has 0 aliphatic carbocycles. The smallest absolute Gasteiger partial charge is 0.254 e. The van der Waals surface area contributed by atoms with Crippen LogP contribution in [0.25, 0.3) is 0 Å². The van der Waals surface area contributed by atoms with E-state index in [2.05, 4.69) is 5.32 Å². The van der Waals surface area contributed by atoms with Crippen molar-refractivity contribution in [1.82, 2.24) is 10.2 Å². The standard InChI is InChI=1S/C14H21N3O4/c1-17(9-13(18)16-6-7-20-2)14(19)10-4-5-12(21-3)11(15)8-10/h4-5,8H,6-7,9,15H2,1-3H3,(H,16,18). The molecule has 2 amide bonds. The molecule has 0 saturated heterocycles. The summed E-state index contributed by atoms with van der Waals surface area (Å²) in [6.07, 6.45) is 0. The van der Waals surface area contributed by atoms with Gasteiger partial charge in [0.05, 0.1) is 25.9 Å². The summed E-state index contributed by atoms with van der Waals surface area (Å²) in [5.74, 6) is -0.0258. The second-order valence-electron chi connectivity index (χ2n) is 4.46. The zero-order valence-corrected chi connectivity index (χ0v) is 12.5. The van der Waals surface area contributed by atoms with Crippen molar-refractivity contribution < 1.29 is 19.1 Å². The van der Waals surface area contributed by atoms with E-state index >= 15 is 0 Å². The molecular formula is C14H21N3O4. The Balaban J connectivity index is 2.61. The molecule has 0 aliphatic heterocycles. The topological polar surface area (TPSA) is 93.9 Å². The molecule has 21 heavy (non-hydrogen) atoms. The predicted molar refractivity (Wildman–Crippen MR) is 79.3 cm³/mol. The minimum Gasteiger partial charge on any atom is -0.495 e. The quantitative estimate of drug-likeness (QED) is 0.550. The fraction of sp³-hybridized carbons (Fsp3) is 0.429. The van der Waals surface area contributed by atoms with E-state index in [0.717, 1.165) is 0 Å². The van der Waals surface area contributed by atoms with Gasteiger partial charge in [0, 0.05) is 26.3 Å². The van der Waals surface area contributed by atoms with Gasteiger partial charge in [0.1, 0.15) is 5.75 Å². The molecule has 1 rings (SSSR count). The molecule has 0 radical (unpaired) electrons. The van der Waals surface area contributed by atoms with E-state index in [1.807, 2.05) is 0 Å². The van der Waals surface area contributed by atoms with Crippen molar-refractivity contribution in [3.8, 4) is 5.75 Å². The number of ether oxygens (including phenoxy) is 2. The largest absolute Gasteiger partial charge is 0.495 e. The summed E-state index contributed by atoms with van der Waals surface area (Å²) in [7, 11) is 4.61. The number of nitrogen functional groups attached to an aromatic ring is 1. The van der Waals surface area contributed by atoms with E-state index in [9.17, 15) is 9.59 Å². The van der Waals surface area contributed by atoms with Gasteiger partial charge in [0.2, 0.25) is 5.91 Å². The lowest BCUT2D eigenvalue weighted by Crippen LogP contribution is -2.39. The van der Waals surface area contributed by atoms with E-state index in [0.29, 0.717) is 30.2 Å². The summed E-state index contributed by atoms with van der Waals surface area (Å²) in [4.78, 5) is 25.1. The lowest BCUT2D eigenvalue weighted by atomic mass is 10.1. The lowest BCUT2D eigenvalue weighted by Gasteiger charge is -2.17. The van der Waals surface area contributed by atoms with Crippen LogP contribution in [0.15, 0.2) is 18.2 Å². The Hall–Kier alpha value is -2.28. The first-order valence-electron chi connectivity index (χ1n) is 6.44. The number of rotatable bonds is 7. The van der Waals surface area contributed by atoms with E-state index in [-0.39, 0.29) is 18.4 Å². The highest BCUT2D eigenvalue weighted by Crippen LogP contribution is 2.22. The van der Waals surface area contributed by atoms with Gasteiger partial charge in [-0.15, -0.1) is 0 Å². The van der Waals surface area contributed by atoms with Crippen molar-refractivity contribution in [2.45, 2.75) is 0 Å². The third-order valence-corrected chi connectivity index (χ3v) is 2.83. The average molecular weight is 295 g/mol. The first-order valence-corrected chi connectivity index (χ1v) is 6.44. The van der Waals surface area contributed by atoms with Gasteiger partial charge in [-0.3, -0.25) is 9.59 Å². The maximum atomic E-state index is 12.2.